The Balaban J connectivity index is 2.42. The van der Waals surface area contributed by atoms with Gasteiger partial charge in [0.2, 0.25) is 5.91 Å². The van der Waals surface area contributed by atoms with Crippen LogP contribution in [-0.4, -0.2) is 17.4 Å². The molecule has 0 saturated carbocycles. The Morgan fingerprint density at radius 1 is 1.42 bits per heavy atom. The maximum absolute atomic E-state index is 13.0. The van der Waals surface area contributed by atoms with Crippen LogP contribution in [0.2, 0.25) is 0 Å². The van der Waals surface area contributed by atoms with Gasteiger partial charge in [-0.3, -0.25) is 14.9 Å². The largest absolute Gasteiger partial charge is 0.370 e. The average molecular weight is 269 g/mol. The van der Waals surface area contributed by atoms with E-state index in [-0.39, 0.29) is 18.1 Å². The Morgan fingerprint density at radius 2 is 2.16 bits per heavy atom. The van der Waals surface area contributed by atoms with E-state index in [9.17, 15) is 19.3 Å². The summed E-state index contributed by atoms with van der Waals surface area (Å²) in [5.74, 6) is -0.850. The van der Waals surface area contributed by atoms with Gasteiger partial charge in [-0.25, -0.2) is 4.39 Å². The Hall–Kier alpha value is -2.02. The zero-order chi connectivity index (χ0) is 14.3. The van der Waals surface area contributed by atoms with Crippen molar-refractivity contribution < 1.29 is 14.1 Å². The van der Waals surface area contributed by atoms with Crippen LogP contribution in [0.3, 0.4) is 0 Å². The van der Waals surface area contributed by atoms with E-state index in [0.29, 0.717) is 24.9 Å². The number of rotatable bonds is 8. The van der Waals surface area contributed by atoms with Crippen LogP contribution in [0.4, 0.5) is 10.1 Å². The van der Waals surface area contributed by atoms with Crippen LogP contribution in [0, 0.1) is 15.9 Å². The van der Waals surface area contributed by atoms with Crippen LogP contribution in [0.5, 0.6) is 0 Å². The van der Waals surface area contributed by atoms with Gasteiger partial charge in [0.05, 0.1) is 4.92 Å². The van der Waals surface area contributed by atoms with E-state index in [2.05, 4.69) is 5.32 Å². The molecule has 0 unspecified atom stereocenters. The first-order chi connectivity index (χ1) is 9.00. The smallest absolute Gasteiger partial charge is 0.274 e. The van der Waals surface area contributed by atoms with Crippen LogP contribution in [0.1, 0.15) is 24.8 Å². The number of amides is 1. The summed E-state index contributed by atoms with van der Waals surface area (Å²) in [4.78, 5) is 20.7. The summed E-state index contributed by atoms with van der Waals surface area (Å²) < 4.78 is 13.0. The molecular formula is C12H16FN3O3. The number of primary amides is 1. The highest BCUT2D eigenvalue weighted by molar-refractivity contribution is 5.73. The highest BCUT2D eigenvalue weighted by Gasteiger charge is 2.13. The Bertz CT molecular complexity index is 466. The minimum atomic E-state index is -0.538. The lowest BCUT2D eigenvalue weighted by Gasteiger charge is -2.05. The van der Waals surface area contributed by atoms with Gasteiger partial charge >= 0.3 is 0 Å². The molecule has 1 rings (SSSR count). The summed E-state index contributed by atoms with van der Waals surface area (Å²) in [6.45, 7) is 0.797. The summed E-state index contributed by atoms with van der Waals surface area (Å²) in [5, 5.41) is 13.7. The van der Waals surface area contributed by atoms with Crippen molar-refractivity contribution in [3.05, 3.63) is 39.7 Å². The lowest BCUT2D eigenvalue weighted by atomic mass is 10.1. The minimum absolute atomic E-state index is 0.106. The quantitative estimate of drug-likeness (QED) is 0.424. The number of nitrogens with one attached hydrogen (secondary N) is 1. The van der Waals surface area contributed by atoms with Gasteiger partial charge in [0.25, 0.3) is 5.69 Å². The third kappa shape index (κ3) is 5.43. The molecule has 1 aromatic rings. The van der Waals surface area contributed by atoms with E-state index in [1.807, 2.05) is 0 Å². The predicted molar refractivity (Wildman–Crippen MR) is 67.8 cm³/mol. The van der Waals surface area contributed by atoms with Crippen molar-refractivity contribution in [1.29, 1.82) is 0 Å². The SMILES string of the molecule is NC(=O)CCCCNCc1cc(F)ccc1[N+](=O)[O-]. The molecule has 0 fully saturated rings. The topological polar surface area (TPSA) is 98.3 Å². The second-order valence-electron chi connectivity index (χ2n) is 4.13. The molecule has 104 valence electrons. The lowest BCUT2D eigenvalue weighted by molar-refractivity contribution is -0.385. The molecule has 0 radical (unpaired) electrons. The van der Waals surface area contributed by atoms with Gasteiger partial charge in [-0.05, 0) is 31.5 Å². The lowest BCUT2D eigenvalue weighted by Crippen LogP contribution is -2.17. The summed E-state index contributed by atoms with van der Waals surface area (Å²) in [6.07, 6.45) is 1.71. The third-order valence-corrected chi connectivity index (χ3v) is 2.58. The number of unbranched alkanes of at least 4 members (excludes halogenated alkanes) is 1. The predicted octanol–water partition coefficient (Wildman–Crippen LogP) is 1.48. The maximum atomic E-state index is 13.0. The number of nitro groups is 1. The fourth-order valence-corrected chi connectivity index (χ4v) is 1.65. The molecule has 19 heavy (non-hydrogen) atoms. The number of benzene rings is 1. The fourth-order valence-electron chi connectivity index (χ4n) is 1.65. The monoisotopic (exact) mass is 269 g/mol. The van der Waals surface area contributed by atoms with E-state index in [0.717, 1.165) is 24.6 Å². The number of nitro benzene ring substituents is 1. The number of nitrogens with two attached hydrogens (primary N) is 1. The molecule has 1 amide bonds. The van der Waals surface area contributed by atoms with Gasteiger partial charge in [0, 0.05) is 24.6 Å². The highest BCUT2D eigenvalue weighted by Crippen LogP contribution is 2.19. The molecule has 0 heterocycles. The van der Waals surface area contributed by atoms with Crippen molar-refractivity contribution in [2.45, 2.75) is 25.8 Å². The van der Waals surface area contributed by atoms with Crippen molar-refractivity contribution in [3.8, 4) is 0 Å². The number of hydrogen-bond acceptors (Lipinski definition) is 4. The number of hydrogen-bond donors (Lipinski definition) is 2. The van der Waals surface area contributed by atoms with E-state index in [1.54, 1.807) is 0 Å². The van der Waals surface area contributed by atoms with Gasteiger partial charge in [-0.1, -0.05) is 0 Å². The Morgan fingerprint density at radius 3 is 2.79 bits per heavy atom. The second-order valence-corrected chi connectivity index (χ2v) is 4.13. The molecule has 0 atom stereocenters. The average Bonchev–Trinajstić information content (AvgIpc) is 2.33. The third-order valence-electron chi connectivity index (χ3n) is 2.58. The molecule has 0 bridgehead atoms. The first-order valence-electron chi connectivity index (χ1n) is 5.92. The highest BCUT2D eigenvalue weighted by atomic mass is 19.1. The van der Waals surface area contributed by atoms with Crippen LogP contribution >= 0.6 is 0 Å². The second kappa shape index (κ2) is 7.42. The zero-order valence-electron chi connectivity index (χ0n) is 10.4. The van der Waals surface area contributed by atoms with Crippen molar-refractivity contribution in [1.82, 2.24) is 5.32 Å². The molecule has 0 aliphatic rings. The summed E-state index contributed by atoms with van der Waals surface area (Å²) in [7, 11) is 0. The van der Waals surface area contributed by atoms with Crippen LogP contribution in [0.25, 0.3) is 0 Å². The van der Waals surface area contributed by atoms with E-state index < -0.39 is 10.7 Å². The molecule has 0 aromatic heterocycles. The van der Waals surface area contributed by atoms with Crippen LogP contribution < -0.4 is 11.1 Å². The minimum Gasteiger partial charge on any atom is -0.370 e. The van der Waals surface area contributed by atoms with Gasteiger partial charge in [-0.15, -0.1) is 0 Å². The summed E-state index contributed by atoms with van der Waals surface area (Å²) >= 11 is 0. The first-order valence-corrected chi connectivity index (χ1v) is 5.92. The van der Waals surface area contributed by atoms with Crippen molar-refractivity contribution in [2.24, 2.45) is 5.73 Å². The number of carbonyl (C=O) groups excluding carboxylic acids is 1. The Kier molecular flexibility index (Phi) is 5.87. The van der Waals surface area contributed by atoms with E-state index in [4.69, 9.17) is 5.73 Å². The zero-order valence-corrected chi connectivity index (χ0v) is 10.4. The van der Waals surface area contributed by atoms with Crippen molar-refractivity contribution in [2.75, 3.05) is 6.54 Å². The number of carbonyl (C=O) groups is 1. The van der Waals surface area contributed by atoms with Gasteiger partial charge < -0.3 is 11.1 Å². The van der Waals surface area contributed by atoms with Gasteiger partial charge in [0.1, 0.15) is 5.82 Å². The fraction of sp³-hybridized carbons (Fsp3) is 0.417. The van der Waals surface area contributed by atoms with Gasteiger partial charge in [-0.2, -0.15) is 0 Å². The molecule has 0 aliphatic carbocycles. The van der Waals surface area contributed by atoms with E-state index >= 15 is 0 Å². The molecule has 0 spiro atoms. The van der Waals surface area contributed by atoms with E-state index in [1.165, 1.54) is 0 Å². The molecule has 0 aliphatic heterocycles. The Labute approximate surface area is 109 Å². The summed E-state index contributed by atoms with van der Waals surface area (Å²) in [5.41, 5.74) is 5.19. The number of halogens is 1. The molecular weight excluding hydrogens is 253 g/mol. The number of nitrogens with zero attached hydrogens (tertiary/aromatic N) is 1. The maximum Gasteiger partial charge on any atom is 0.274 e. The molecule has 0 saturated heterocycles. The normalized spacial score (nSPS) is 10.4. The van der Waals surface area contributed by atoms with Crippen molar-refractivity contribution >= 4 is 11.6 Å². The molecule has 1 aromatic carbocycles. The molecule has 3 N–H and O–H groups in total. The van der Waals surface area contributed by atoms with Crippen LogP contribution in [-0.2, 0) is 11.3 Å². The van der Waals surface area contributed by atoms with Crippen LogP contribution in [0.15, 0.2) is 18.2 Å². The molecule has 7 heteroatoms. The van der Waals surface area contributed by atoms with Crippen molar-refractivity contribution in [3.63, 3.8) is 0 Å². The van der Waals surface area contributed by atoms with Gasteiger partial charge in [0.15, 0.2) is 0 Å². The first kappa shape index (κ1) is 15.0. The molecule has 6 nitrogen and oxygen atoms in total. The standard InChI is InChI=1S/C12H16FN3O3/c13-10-4-5-11(16(18)19)9(7-10)8-15-6-2-1-3-12(14)17/h4-5,7,15H,1-3,6,8H2,(H2,14,17). The summed E-state index contributed by atoms with van der Waals surface area (Å²) in [6, 6.07) is 3.36.